The van der Waals surface area contributed by atoms with Crippen molar-refractivity contribution in [2.24, 2.45) is 0 Å². The molecule has 1 rings (SSSR count). The highest BCUT2D eigenvalue weighted by atomic mass is 16.5. The summed E-state index contributed by atoms with van der Waals surface area (Å²) in [6.45, 7) is 6.46. The molecule has 6 nitrogen and oxygen atoms in total. The first-order valence-corrected chi connectivity index (χ1v) is 6.78. The molecule has 0 aliphatic heterocycles. The van der Waals surface area contributed by atoms with Crippen molar-refractivity contribution in [3.63, 3.8) is 0 Å². The maximum Gasteiger partial charge on any atom is 0.303 e. The van der Waals surface area contributed by atoms with Crippen molar-refractivity contribution in [2.75, 3.05) is 6.54 Å². The predicted molar refractivity (Wildman–Crippen MR) is 73.6 cm³/mol. The fourth-order valence-electron chi connectivity index (χ4n) is 1.61. The fraction of sp³-hybridized carbons (Fsp3) is 0.643. The summed E-state index contributed by atoms with van der Waals surface area (Å²) in [4.78, 5) is 22.1. The van der Waals surface area contributed by atoms with E-state index in [2.05, 4.69) is 10.5 Å². The molecule has 1 heterocycles. The van der Waals surface area contributed by atoms with E-state index in [9.17, 15) is 9.59 Å². The number of carboxylic acids is 1. The van der Waals surface area contributed by atoms with Gasteiger partial charge >= 0.3 is 5.97 Å². The lowest BCUT2D eigenvalue weighted by atomic mass is 9.93. The molecule has 0 fully saturated rings. The quantitative estimate of drug-likeness (QED) is 0.749. The number of carbonyl (C=O) groups is 2. The highest BCUT2D eigenvalue weighted by molar-refractivity contribution is 5.92. The zero-order chi connectivity index (χ0) is 15.2. The lowest BCUT2D eigenvalue weighted by molar-refractivity contribution is -0.137. The third kappa shape index (κ3) is 5.42. The number of nitrogens with one attached hydrogen (secondary N) is 1. The van der Waals surface area contributed by atoms with Gasteiger partial charge in [0.25, 0.3) is 5.91 Å². The third-order valence-corrected chi connectivity index (χ3v) is 2.83. The Balaban J connectivity index is 2.29. The van der Waals surface area contributed by atoms with Crippen LogP contribution in [0.25, 0.3) is 0 Å². The summed E-state index contributed by atoms with van der Waals surface area (Å²) in [5, 5.41) is 15.0. The second kappa shape index (κ2) is 7.07. The summed E-state index contributed by atoms with van der Waals surface area (Å²) in [5.41, 5.74) is 0.1000. The molecule has 0 bridgehead atoms. The molecule has 112 valence electrons. The van der Waals surface area contributed by atoms with Gasteiger partial charge in [0.05, 0.1) is 0 Å². The Morgan fingerprint density at radius 2 is 2.00 bits per heavy atom. The molecule has 0 aliphatic carbocycles. The van der Waals surface area contributed by atoms with E-state index in [0.29, 0.717) is 18.7 Å². The molecule has 0 unspecified atom stereocenters. The summed E-state index contributed by atoms with van der Waals surface area (Å²) in [7, 11) is 0. The van der Waals surface area contributed by atoms with Crippen molar-refractivity contribution < 1.29 is 19.2 Å². The van der Waals surface area contributed by atoms with Gasteiger partial charge in [-0.2, -0.15) is 0 Å². The minimum Gasteiger partial charge on any atom is -0.481 e. The monoisotopic (exact) mass is 282 g/mol. The lowest BCUT2D eigenvalue weighted by Gasteiger charge is -2.12. The minimum absolute atomic E-state index is 0.173. The van der Waals surface area contributed by atoms with Gasteiger partial charge in [0.2, 0.25) is 0 Å². The van der Waals surface area contributed by atoms with Crippen LogP contribution in [0.3, 0.4) is 0 Å². The summed E-state index contributed by atoms with van der Waals surface area (Å²) in [6.07, 6.45) is 2.33. The molecular weight excluding hydrogens is 260 g/mol. The van der Waals surface area contributed by atoms with Crippen LogP contribution in [0.1, 0.15) is 62.7 Å². The molecule has 6 heteroatoms. The lowest BCUT2D eigenvalue weighted by Crippen LogP contribution is -2.24. The number of unbranched alkanes of at least 4 members (excludes halogenated alkanes) is 2. The Labute approximate surface area is 118 Å². The largest absolute Gasteiger partial charge is 0.481 e. The Morgan fingerprint density at radius 3 is 2.55 bits per heavy atom. The minimum atomic E-state index is -0.786. The average Bonchev–Trinajstić information content (AvgIpc) is 2.82. The van der Waals surface area contributed by atoms with Crippen LogP contribution >= 0.6 is 0 Å². The summed E-state index contributed by atoms with van der Waals surface area (Å²) in [6, 6.07) is 1.65. The zero-order valence-electron chi connectivity index (χ0n) is 12.2. The van der Waals surface area contributed by atoms with Crippen molar-refractivity contribution >= 4 is 11.9 Å². The van der Waals surface area contributed by atoms with Crippen LogP contribution in [-0.4, -0.2) is 28.7 Å². The van der Waals surface area contributed by atoms with Gasteiger partial charge in [-0.15, -0.1) is 0 Å². The van der Waals surface area contributed by atoms with Gasteiger partial charge in [-0.05, 0) is 12.8 Å². The van der Waals surface area contributed by atoms with E-state index in [4.69, 9.17) is 9.63 Å². The first-order chi connectivity index (χ1) is 9.30. The van der Waals surface area contributed by atoms with E-state index in [1.807, 2.05) is 20.8 Å². The summed E-state index contributed by atoms with van der Waals surface area (Å²) >= 11 is 0. The van der Waals surface area contributed by atoms with Crippen molar-refractivity contribution in [2.45, 2.75) is 51.9 Å². The molecule has 1 aromatic rings. The number of rotatable bonds is 7. The Kier molecular flexibility index (Phi) is 5.73. The van der Waals surface area contributed by atoms with E-state index in [1.54, 1.807) is 6.07 Å². The van der Waals surface area contributed by atoms with Crippen LogP contribution in [0.2, 0.25) is 0 Å². The summed E-state index contributed by atoms with van der Waals surface area (Å²) in [5.74, 6) is -0.377. The third-order valence-electron chi connectivity index (χ3n) is 2.83. The van der Waals surface area contributed by atoms with Crippen LogP contribution in [-0.2, 0) is 10.2 Å². The molecule has 0 aromatic carbocycles. The number of nitrogens with zero attached hydrogens (tertiary/aromatic N) is 1. The van der Waals surface area contributed by atoms with Gasteiger partial charge in [0.1, 0.15) is 5.76 Å². The molecule has 0 saturated heterocycles. The number of carbonyl (C=O) groups excluding carboxylic acids is 1. The number of amides is 1. The van der Waals surface area contributed by atoms with Crippen LogP contribution in [0.15, 0.2) is 10.6 Å². The number of carboxylic acid groups (broad SMARTS) is 1. The number of hydrogen-bond donors (Lipinski definition) is 2. The molecular formula is C14H22N2O4. The highest BCUT2D eigenvalue weighted by Gasteiger charge is 2.21. The van der Waals surface area contributed by atoms with Gasteiger partial charge in [0, 0.05) is 24.4 Å². The zero-order valence-corrected chi connectivity index (χ0v) is 12.2. The molecule has 20 heavy (non-hydrogen) atoms. The average molecular weight is 282 g/mol. The molecule has 1 amide bonds. The Hall–Kier alpha value is -1.85. The molecule has 0 aliphatic rings. The predicted octanol–water partition coefficient (Wildman–Crippen LogP) is 2.35. The van der Waals surface area contributed by atoms with Gasteiger partial charge in [0.15, 0.2) is 5.69 Å². The second-order valence-corrected chi connectivity index (χ2v) is 5.79. The highest BCUT2D eigenvalue weighted by Crippen LogP contribution is 2.22. The standard InChI is InChI=1S/C14H22N2O4/c1-14(2,3)11-9-10(16-20-11)13(19)15-8-6-4-5-7-12(17)18/h9H,4-8H2,1-3H3,(H,15,19)(H,17,18). The molecule has 0 atom stereocenters. The van der Waals surface area contributed by atoms with Crippen LogP contribution in [0.4, 0.5) is 0 Å². The van der Waals surface area contributed by atoms with Gasteiger partial charge in [-0.3, -0.25) is 9.59 Å². The molecule has 1 aromatic heterocycles. The number of aliphatic carboxylic acids is 1. The van der Waals surface area contributed by atoms with E-state index in [1.165, 1.54) is 0 Å². The van der Waals surface area contributed by atoms with Crippen LogP contribution in [0, 0.1) is 0 Å². The van der Waals surface area contributed by atoms with Crippen molar-refractivity contribution in [3.05, 3.63) is 17.5 Å². The van der Waals surface area contributed by atoms with E-state index in [0.717, 1.165) is 12.8 Å². The molecule has 0 radical (unpaired) electrons. The molecule has 0 spiro atoms. The maximum atomic E-state index is 11.8. The molecule has 2 N–H and O–H groups in total. The topological polar surface area (TPSA) is 92.4 Å². The number of hydrogen-bond acceptors (Lipinski definition) is 4. The van der Waals surface area contributed by atoms with E-state index >= 15 is 0 Å². The van der Waals surface area contributed by atoms with Crippen LogP contribution in [0.5, 0.6) is 0 Å². The van der Waals surface area contributed by atoms with E-state index < -0.39 is 5.97 Å². The number of aromatic nitrogens is 1. The SMILES string of the molecule is CC(C)(C)c1cc(C(=O)NCCCCCC(=O)O)no1. The normalized spacial score (nSPS) is 11.3. The second-order valence-electron chi connectivity index (χ2n) is 5.79. The van der Waals surface area contributed by atoms with Gasteiger partial charge in [-0.25, -0.2) is 0 Å². The van der Waals surface area contributed by atoms with Gasteiger partial charge < -0.3 is 14.9 Å². The molecule has 0 saturated carbocycles. The van der Waals surface area contributed by atoms with Crippen molar-refractivity contribution in [1.82, 2.24) is 10.5 Å². The van der Waals surface area contributed by atoms with E-state index in [-0.39, 0.29) is 23.4 Å². The first-order valence-electron chi connectivity index (χ1n) is 6.78. The van der Waals surface area contributed by atoms with Gasteiger partial charge in [-0.1, -0.05) is 32.3 Å². The smallest absolute Gasteiger partial charge is 0.303 e. The Morgan fingerprint density at radius 1 is 1.30 bits per heavy atom. The fourth-order valence-corrected chi connectivity index (χ4v) is 1.61. The van der Waals surface area contributed by atoms with Crippen molar-refractivity contribution in [1.29, 1.82) is 0 Å². The summed E-state index contributed by atoms with van der Waals surface area (Å²) < 4.78 is 5.15. The van der Waals surface area contributed by atoms with Crippen molar-refractivity contribution in [3.8, 4) is 0 Å². The maximum absolute atomic E-state index is 11.8. The van der Waals surface area contributed by atoms with Crippen LogP contribution < -0.4 is 5.32 Å². The first kappa shape index (κ1) is 16.2. The Bertz CT molecular complexity index is 460.